The second kappa shape index (κ2) is 7.78. The number of hydrogen-bond donors (Lipinski definition) is 1. The third-order valence-corrected chi connectivity index (χ3v) is 4.80. The van der Waals surface area contributed by atoms with Gasteiger partial charge in [0.05, 0.1) is 19.1 Å². The van der Waals surface area contributed by atoms with Crippen molar-refractivity contribution in [3.63, 3.8) is 0 Å². The van der Waals surface area contributed by atoms with Crippen molar-refractivity contribution < 1.29 is 32.3 Å². The average Bonchev–Trinajstić information content (AvgIpc) is 3.38. The molecule has 2 heterocycles. The summed E-state index contributed by atoms with van der Waals surface area (Å²) in [7, 11) is 1.16. The molecule has 0 saturated heterocycles. The second-order valence-corrected chi connectivity index (χ2v) is 6.73. The van der Waals surface area contributed by atoms with Crippen molar-refractivity contribution in [2.75, 3.05) is 7.11 Å². The Kier molecular flexibility index (Phi) is 5.14. The number of aryl methyl sites for hydroxylation is 1. The average molecular weight is 431 g/mol. The molecule has 0 aliphatic carbocycles. The van der Waals surface area contributed by atoms with Crippen LogP contribution in [0.15, 0.2) is 53.2 Å². The number of aromatic nitrogens is 3. The molecule has 160 valence electrons. The van der Waals surface area contributed by atoms with Gasteiger partial charge in [-0.05, 0) is 30.3 Å². The highest BCUT2D eigenvalue weighted by molar-refractivity contribution is 5.94. The van der Waals surface area contributed by atoms with Crippen LogP contribution in [0.25, 0.3) is 33.7 Å². The van der Waals surface area contributed by atoms with Crippen LogP contribution in [0.3, 0.4) is 0 Å². The van der Waals surface area contributed by atoms with Crippen molar-refractivity contribution in [2.24, 2.45) is 0 Å². The molecule has 4 rings (SSSR count). The van der Waals surface area contributed by atoms with Crippen LogP contribution in [0, 0.1) is 0 Å². The molecular formula is C21H16F3N3O4. The number of ether oxygens (including phenoxy) is 1. The standard InChI is InChI=1S/C21H16F3N3O4/c1-30-17-6-5-12(11-15(17)21(22,23)24)20-25-19(26-31-20)14-3-2-4-16-13(14)7-9-27(16)10-8-18(28)29/h2-7,9,11H,8,10H2,1H3,(H,28,29). The summed E-state index contributed by atoms with van der Waals surface area (Å²) in [4.78, 5) is 15.1. The minimum atomic E-state index is -4.60. The topological polar surface area (TPSA) is 90.4 Å². The molecule has 10 heteroatoms. The first-order valence-corrected chi connectivity index (χ1v) is 9.17. The van der Waals surface area contributed by atoms with Crippen molar-refractivity contribution in [1.29, 1.82) is 0 Å². The molecule has 0 unspecified atom stereocenters. The summed E-state index contributed by atoms with van der Waals surface area (Å²) in [6.45, 7) is 0.297. The Labute approximate surface area is 173 Å². The van der Waals surface area contributed by atoms with Gasteiger partial charge >= 0.3 is 12.1 Å². The fourth-order valence-corrected chi connectivity index (χ4v) is 3.34. The lowest BCUT2D eigenvalue weighted by molar-refractivity contribution is -0.139. The van der Waals surface area contributed by atoms with Gasteiger partial charge in [-0.25, -0.2) is 0 Å². The molecule has 0 aliphatic heterocycles. The fraction of sp³-hybridized carbons (Fsp3) is 0.190. The van der Waals surface area contributed by atoms with Crippen LogP contribution in [0.5, 0.6) is 5.75 Å². The highest BCUT2D eigenvalue weighted by Crippen LogP contribution is 2.39. The molecule has 0 atom stereocenters. The van der Waals surface area contributed by atoms with Gasteiger partial charge in [0.1, 0.15) is 5.75 Å². The maximum atomic E-state index is 13.3. The number of nitrogens with zero attached hydrogens (tertiary/aromatic N) is 3. The SMILES string of the molecule is COc1ccc(-c2nc(-c3cccc4c3ccn4CCC(=O)O)no2)cc1C(F)(F)F. The molecule has 0 saturated carbocycles. The number of hydrogen-bond acceptors (Lipinski definition) is 5. The lowest BCUT2D eigenvalue weighted by atomic mass is 10.1. The number of alkyl halides is 3. The van der Waals surface area contributed by atoms with E-state index < -0.39 is 17.7 Å². The number of carbonyl (C=O) groups is 1. The monoisotopic (exact) mass is 431 g/mol. The summed E-state index contributed by atoms with van der Waals surface area (Å²) >= 11 is 0. The molecule has 0 radical (unpaired) electrons. The van der Waals surface area contributed by atoms with E-state index in [0.717, 1.165) is 24.1 Å². The third-order valence-electron chi connectivity index (χ3n) is 4.80. The lowest BCUT2D eigenvalue weighted by Crippen LogP contribution is -2.07. The summed E-state index contributed by atoms with van der Waals surface area (Å²) in [6, 6.07) is 10.7. The minimum Gasteiger partial charge on any atom is -0.496 e. The van der Waals surface area contributed by atoms with Crippen molar-refractivity contribution in [1.82, 2.24) is 14.7 Å². The Morgan fingerprint density at radius 2 is 2.03 bits per heavy atom. The number of carboxylic acid groups (broad SMARTS) is 1. The first kappa shape index (κ1) is 20.5. The van der Waals surface area contributed by atoms with E-state index in [9.17, 15) is 18.0 Å². The number of aliphatic carboxylic acids is 1. The highest BCUT2D eigenvalue weighted by Gasteiger charge is 2.35. The van der Waals surface area contributed by atoms with Crippen molar-refractivity contribution in [3.8, 4) is 28.6 Å². The molecule has 2 aromatic carbocycles. The Morgan fingerprint density at radius 1 is 1.23 bits per heavy atom. The fourth-order valence-electron chi connectivity index (χ4n) is 3.34. The third kappa shape index (κ3) is 3.96. The van der Waals surface area contributed by atoms with E-state index in [4.69, 9.17) is 14.4 Å². The number of rotatable bonds is 6. The molecule has 0 fully saturated rings. The van der Waals surface area contributed by atoms with Crippen molar-refractivity contribution in [3.05, 3.63) is 54.2 Å². The first-order chi connectivity index (χ1) is 14.8. The zero-order valence-corrected chi connectivity index (χ0v) is 16.2. The minimum absolute atomic E-state index is 0.0284. The van der Waals surface area contributed by atoms with E-state index in [1.54, 1.807) is 29.0 Å². The van der Waals surface area contributed by atoms with Crippen LogP contribution >= 0.6 is 0 Å². The summed E-state index contributed by atoms with van der Waals surface area (Å²) in [5, 5.41) is 13.6. The number of fused-ring (bicyclic) bond motifs is 1. The number of carboxylic acids is 1. The van der Waals surface area contributed by atoms with Gasteiger partial charge in [-0.2, -0.15) is 18.2 Å². The zero-order chi connectivity index (χ0) is 22.2. The molecular weight excluding hydrogens is 415 g/mol. The molecule has 31 heavy (non-hydrogen) atoms. The van der Waals surface area contributed by atoms with Crippen LogP contribution in [-0.4, -0.2) is 32.9 Å². The largest absolute Gasteiger partial charge is 0.496 e. The lowest BCUT2D eigenvalue weighted by Gasteiger charge is -2.12. The van der Waals surface area contributed by atoms with Crippen molar-refractivity contribution in [2.45, 2.75) is 19.1 Å². The van der Waals surface area contributed by atoms with Crippen LogP contribution in [0.1, 0.15) is 12.0 Å². The molecule has 7 nitrogen and oxygen atoms in total. The Morgan fingerprint density at radius 3 is 2.74 bits per heavy atom. The van der Waals surface area contributed by atoms with Crippen LogP contribution < -0.4 is 4.74 Å². The number of benzene rings is 2. The molecule has 1 N–H and O–H groups in total. The zero-order valence-electron chi connectivity index (χ0n) is 16.2. The first-order valence-electron chi connectivity index (χ1n) is 9.17. The van der Waals surface area contributed by atoms with E-state index in [-0.39, 0.29) is 29.4 Å². The summed E-state index contributed by atoms with van der Waals surface area (Å²) < 4.78 is 51.7. The predicted molar refractivity (Wildman–Crippen MR) is 104 cm³/mol. The Balaban J connectivity index is 1.71. The van der Waals surface area contributed by atoms with E-state index in [2.05, 4.69) is 10.1 Å². The summed E-state index contributed by atoms with van der Waals surface area (Å²) in [5.41, 5.74) is 0.572. The smallest absolute Gasteiger partial charge is 0.419 e. The number of methoxy groups -OCH3 is 1. The quantitative estimate of drug-likeness (QED) is 0.469. The van der Waals surface area contributed by atoms with Gasteiger partial charge in [-0.1, -0.05) is 17.3 Å². The van der Waals surface area contributed by atoms with Gasteiger partial charge in [0.25, 0.3) is 5.89 Å². The predicted octanol–water partition coefficient (Wildman–Crippen LogP) is 4.86. The maximum absolute atomic E-state index is 13.3. The summed E-state index contributed by atoms with van der Waals surface area (Å²) in [5.74, 6) is -1.06. The van der Waals surface area contributed by atoms with Crippen LogP contribution in [0.2, 0.25) is 0 Å². The van der Waals surface area contributed by atoms with Gasteiger partial charge in [0, 0.05) is 34.8 Å². The summed E-state index contributed by atoms with van der Waals surface area (Å²) in [6.07, 6.45) is -2.87. The highest BCUT2D eigenvalue weighted by atomic mass is 19.4. The molecule has 0 amide bonds. The Bertz CT molecular complexity index is 1260. The molecule has 4 aromatic rings. The van der Waals surface area contributed by atoms with Gasteiger partial charge < -0.3 is 18.9 Å². The van der Waals surface area contributed by atoms with Gasteiger partial charge in [0.2, 0.25) is 5.82 Å². The molecule has 0 aliphatic rings. The normalized spacial score (nSPS) is 11.7. The van der Waals surface area contributed by atoms with Crippen molar-refractivity contribution >= 4 is 16.9 Å². The molecule has 0 bridgehead atoms. The second-order valence-electron chi connectivity index (χ2n) is 6.73. The van der Waals surface area contributed by atoms with Gasteiger partial charge in [0.15, 0.2) is 0 Å². The Hall–Kier alpha value is -3.82. The van der Waals surface area contributed by atoms with Gasteiger partial charge in [-0.3, -0.25) is 4.79 Å². The van der Waals surface area contributed by atoms with E-state index in [1.807, 2.05) is 6.07 Å². The van der Waals surface area contributed by atoms with E-state index in [0.29, 0.717) is 12.1 Å². The maximum Gasteiger partial charge on any atom is 0.419 e. The molecule has 0 spiro atoms. The van der Waals surface area contributed by atoms with Crippen LogP contribution in [-0.2, 0) is 17.5 Å². The number of halogens is 3. The van der Waals surface area contributed by atoms with Crippen LogP contribution in [0.4, 0.5) is 13.2 Å². The van der Waals surface area contributed by atoms with E-state index >= 15 is 0 Å². The van der Waals surface area contributed by atoms with E-state index in [1.165, 1.54) is 12.1 Å². The molecule has 2 aromatic heterocycles. The van der Waals surface area contributed by atoms with Gasteiger partial charge in [-0.15, -0.1) is 0 Å².